The molecule has 1 rings (SSSR count). The van der Waals surface area contributed by atoms with Crippen LogP contribution in [0.4, 0.5) is 0 Å². The Morgan fingerprint density at radius 3 is 2.22 bits per heavy atom. The zero-order valence-corrected chi connectivity index (χ0v) is 12.9. The summed E-state index contributed by atoms with van der Waals surface area (Å²) in [7, 11) is 0. The molecule has 1 heterocycles. The Bertz CT molecular complexity index is 364. The van der Waals surface area contributed by atoms with E-state index in [0.717, 1.165) is 25.9 Å². The van der Waals surface area contributed by atoms with Gasteiger partial charge in [-0.2, -0.15) is 5.10 Å². The highest BCUT2D eigenvalue weighted by Gasteiger charge is 2.15. The summed E-state index contributed by atoms with van der Waals surface area (Å²) in [6, 6.07) is 0.521. The van der Waals surface area contributed by atoms with Gasteiger partial charge in [-0.25, -0.2) is 0 Å². The number of aromatic nitrogens is 2. The first-order valence-corrected chi connectivity index (χ1v) is 7.30. The molecule has 3 heteroatoms. The predicted octanol–water partition coefficient (Wildman–Crippen LogP) is 3.16. The molecule has 0 radical (unpaired) electrons. The maximum atomic E-state index is 4.79. The molecule has 0 aliphatic rings. The van der Waals surface area contributed by atoms with Crippen LogP contribution in [-0.2, 0) is 25.9 Å². The molecule has 0 saturated heterocycles. The number of rotatable bonds is 7. The zero-order valence-electron chi connectivity index (χ0n) is 12.9. The van der Waals surface area contributed by atoms with Gasteiger partial charge < -0.3 is 5.32 Å². The minimum atomic E-state index is 0.521. The van der Waals surface area contributed by atoms with Crippen LogP contribution in [0.1, 0.15) is 58.5 Å². The van der Waals surface area contributed by atoms with Gasteiger partial charge in [0.25, 0.3) is 0 Å². The average molecular weight is 251 g/mol. The summed E-state index contributed by atoms with van der Waals surface area (Å²) in [6.07, 6.45) is 2.09. The minimum Gasteiger partial charge on any atom is -0.310 e. The van der Waals surface area contributed by atoms with E-state index in [-0.39, 0.29) is 0 Å². The van der Waals surface area contributed by atoms with E-state index in [9.17, 15) is 0 Å². The van der Waals surface area contributed by atoms with Gasteiger partial charge in [-0.15, -0.1) is 0 Å². The van der Waals surface area contributed by atoms with Crippen LogP contribution < -0.4 is 5.32 Å². The summed E-state index contributed by atoms with van der Waals surface area (Å²) in [6.45, 7) is 15.3. The van der Waals surface area contributed by atoms with E-state index < -0.39 is 0 Å². The molecule has 1 aromatic heterocycles. The third-order valence-electron chi connectivity index (χ3n) is 3.14. The van der Waals surface area contributed by atoms with E-state index in [0.29, 0.717) is 12.0 Å². The van der Waals surface area contributed by atoms with Gasteiger partial charge in [0.15, 0.2) is 0 Å². The molecule has 1 aromatic rings. The molecule has 0 spiro atoms. The first-order chi connectivity index (χ1) is 8.49. The molecule has 3 nitrogen and oxygen atoms in total. The Hall–Kier alpha value is -0.830. The van der Waals surface area contributed by atoms with Crippen LogP contribution in [0, 0.1) is 5.92 Å². The molecule has 18 heavy (non-hydrogen) atoms. The highest BCUT2D eigenvalue weighted by molar-refractivity contribution is 5.26. The average Bonchev–Trinajstić information content (AvgIpc) is 2.62. The molecule has 0 fully saturated rings. The third-order valence-corrected chi connectivity index (χ3v) is 3.14. The fourth-order valence-corrected chi connectivity index (χ4v) is 2.28. The van der Waals surface area contributed by atoms with Crippen molar-refractivity contribution in [2.24, 2.45) is 5.92 Å². The Morgan fingerprint density at radius 1 is 1.11 bits per heavy atom. The lowest BCUT2D eigenvalue weighted by atomic mass is 10.1. The Balaban J connectivity index is 3.00. The van der Waals surface area contributed by atoms with Crippen molar-refractivity contribution in [3.63, 3.8) is 0 Å². The maximum Gasteiger partial charge on any atom is 0.0669 e. The topological polar surface area (TPSA) is 29.9 Å². The summed E-state index contributed by atoms with van der Waals surface area (Å²) in [5.41, 5.74) is 4.10. The van der Waals surface area contributed by atoms with Gasteiger partial charge in [0.2, 0.25) is 0 Å². The molecule has 0 aromatic carbocycles. The van der Waals surface area contributed by atoms with Crippen molar-refractivity contribution < 1.29 is 0 Å². The van der Waals surface area contributed by atoms with Gasteiger partial charge in [-0.1, -0.05) is 41.5 Å². The van der Waals surface area contributed by atoms with Crippen molar-refractivity contribution in [1.29, 1.82) is 0 Å². The maximum absolute atomic E-state index is 4.79. The van der Waals surface area contributed by atoms with E-state index in [1.54, 1.807) is 0 Å². The van der Waals surface area contributed by atoms with Crippen molar-refractivity contribution >= 4 is 0 Å². The predicted molar refractivity (Wildman–Crippen MR) is 77.8 cm³/mol. The largest absolute Gasteiger partial charge is 0.310 e. The summed E-state index contributed by atoms with van der Waals surface area (Å²) in [5, 5.41) is 8.32. The molecular formula is C15H29N3. The Labute approximate surface area is 112 Å². The van der Waals surface area contributed by atoms with Gasteiger partial charge in [0.05, 0.1) is 5.69 Å². The van der Waals surface area contributed by atoms with E-state index in [4.69, 9.17) is 5.10 Å². The summed E-state index contributed by atoms with van der Waals surface area (Å²) in [4.78, 5) is 0. The van der Waals surface area contributed by atoms with Gasteiger partial charge in [0, 0.05) is 30.4 Å². The molecule has 0 bridgehead atoms. The van der Waals surface area contributed by atoms with Crippen LogP contribution in [0.15, 0.2) is 0 Å². The number of hydrogen-bond donors (Lipinski definition) is 1. The van der Waals surface area contributed by atoms with E-state index in [1.807, 2.05) is 0 Å². The van der Waals surface area contributed by atoms with Gasteiger partial charge in [0.1, 0.15) is 0 Å². The zero-order chi connectivity index (χ0) is 13.7. The Kier molecular flexibility index (Phi) is 5.86. The molecular weight excluding hydrogens is 222 g/mol. The van der Waals surface area contributed by atoms with Crippen LogP contribution in [0.3, 0.4) is 0 Å². The quantitative estimate of drug-likeness (QED) is 0.806. The second-order valence-electron chi connectivity index (χ2n) is 5.69. The standard InChI is InChI=1S/C15H29N3/c1-7-14-13(9-16-12(5)6)15(8-2)18(17-14)10-11(3)4/h11-12,16H,7-10H2,1-6H3. The van der Waals surface area contributed by atoms with Crippen molar-refractivity contribution in [1.82, 2.24) is 15.1 Å². The number of nitrogens with zero attached hydrogens (tertiary/aromatic N) is 2. The second kappa shape index (κ2) is 6.93. The summed E-state index contributed by atoms with van der Waals surface area (Å²) < 4.78 is 2.22. The van der Waals surface area contributed by atoms with Gasteiger partial charge in [-0.3, -0.25) is 4.68 Å². The van der Waals surface area contributed by atoms with Crippen LogP contribution in [0.5, 0.6) is 0 Å². The lowest BCUT2D eigenvalue weighted by Gasteiger charge is -2.12. The van der Waals surface area contributed by atoms with Crippen LogP contribution in [0.2, 0.25) is 0 Å². The van der Waals surface area contributed by atoms with Crippen molar-refractivity contribution in [3.8, 4) is 0 Å². The molecule has 104 valence electrons. The SMILES string of the molecule is CCc1nn(CC(C)C)c(CC)c1CNC(C)C. The Morgan fingerprint density at radius 2 is 1.78 bits per heavy atom. The fourth-order valence-electron chi connectivity index (χ4n) is 2.28. The second-order valence-corrected chi connectivity index (χ2v) is 5.69. The number of aryl methyl sites for hydroxylation is 1. The molecule has 1 N–H and O–H groups in total. The molecule has 0 atom stereocenters. The van der Waals surface area contributed by atoms with Crippen molar-refractivity contribution in [2.45, 2.75) is 73.5 Å². The molecule has 0 aliphatic carbocycles. The molecule has 0 amide bonds. The highest BCUT2D eigenvalue weighted by atomic mass is 15.3. The summed E-state index contributed by atoms with van der Waals surface area (Å²) >= 11 is 0. The molecule has 0 aliphatic heterocycles. The van der Waals surface area contributed by atoms with Gasteiger partial charge >= 0.3 is 0 Å². The molecule has 0 unspecified atom stereocenters. The lowest BCUT2D eigenvalue weighted by molar-refractivity contribution is 0.466. The highest BCUT2D eigenvalue weighted by Crippen LogP contribution is 2.17. The lowest BCUT2D eigenvalue weighted by Crippen LogP contribution is -2.23. The first kappa shape index (κ1) is 15.2. The number of hydrogen-bond acceptors (Lipinski definition) is 2. The van der Waals surface area contributed by atoms with Crippen LogP contribution >= 0.6 is 0 Å². The van der Waals surface area contributed by atoms with Crippen molar-refractivity contribution in [3.05, 3.63) is 17.0 Å². The smallest absolute Gasteiger partial charge is 0.0669 e. The normalized spacial score (nSPS) is 11.8. The first-order valence-electron chi connectivity index (χ1n) is 7.30. The van der Waals surface area contributed by atoms with Crippen LogP contribution in [-0.4, -0.2) is 15.8 Å². The van der Waals surface area contributed by atoms with E-state index >= 15 is 0 Å². The van der Waals surface area contributed by atoms with Gasteiger partial charge in [-0.05, 0) is 18.8 Å². The van der Waals surface area contributed by atoms with E-state index in [1.165, 1.54) is 17.0 Å². The summed E-state index contributed by atoms with van der Waals surface area (Å²) in [5.74, 6) is 0.644. The minimum absolute atomic E-state index is 0.521. The van der Waals surface area contributed by atoms with Crippen molar-refractivity contribution in [2.75, 3.05) is 0 Å². The molecule has 0 saturated carbocycles. The monoisotopic (exact) mass is 251 g/mol. The van der Waals surface area contributed by atoms with E-state index in [2.05, 4.69) is 51.5 Å². The van der Waals surface area contributed by atoms with Crippen LogP contribution in [0.25, 0.3) is 0 Å². The fraction of sp³-hybridized carbons (Fsp3) is 0.800. The third kappa shape index (κ3) is 3.84. The number of nitrogens with one attached hydrogen (secondary N) is 1.